The zero-order valence-corrected chi connectivity index (χ0v) is 24.2. The van der Waals surface area contributed by atoms with Gasteiger partial charge >= 0.3 is 0 Å². The van der Waals surface area contributed by atoms with Gasteiger partial charge in [0.15, 0.2) is 29.0 Å². The molecule has 1 unspecified atom stereocenters. The number of likely N-dealkylation sites (N-methyl/N-ethyl adjacent to an activating group) is 1. The molecule has 12 nitrogen and oxygen atoms in total. The smallest absolute Gasteiger partial charge is 0.246 e. The van der Waals surface area contributed by atoms with Crippen molar-refractivity contribution in [3.8, 4) is 17.2 Å². The van der Waals surface area contributed by atoms with Gasteiger partial charge in [0.25, 0.3) is 0 Å². The molecule has 0 spiro atoms. The Hall–Kier alpha value is -5.30. The molecule has 1 N–H and O–H groups in total. The molecule has 0 radical (unpaired) electrons. The number of hydrogen-bond acceptors (Lipinski definition) is 10. The Morgan fingerprint density at radius 2 is 2.07 bits per heavy atom. The van der Waals surface area contributed by atoms with Crippen molar-refractivity contribution < 1.29 is 18.7 Å². The first-order valence-corrected chi connectivity index (χ1v) is 14.2. The minimum atomic E-state index is -0.540. The topological polar surface area (TPSA) is 113 Å². The lowest BCUT2D eigenvalue weighted by molar-refractivity contribution is -0.129. The molecule has 1 fully saturated rings. The maximum atomic E-state index is 15.1. The number of aromatic nitrogens is 5. The summed E-state index contributed by atoms with van der Waals surface area (Å²) in [5.74, 6) is 1.69. The van der Waals surface area contributed by atoms with Gasteiger partial charge in [0, 0.05) is 74.7 Å². The van der Waals surface area contributed by atoms with Crippen LogP contribution >= 0.6 is 0 Å². The van der Waals surface area contributed by atoms with Crippen molar-refractivity contribution in [3.05, 3.63) is 79.3 Å². The van der Waals surface area contributed by atoms with Crippen molar-refractivity contribution in [2.75, 3.05) is 57.1 Å². The Balaban J connectivity index is 1.10. The van der Waals surface area contributed by atoms with Gasteiger partial charge in [0.05, 0.1) is 11.6 Å². The molecule has 1 saturated heterocycles. The number of fused-ring (bicyclic) bond motifs is 6. The second-order valence-electron chi connectivity index (χ2n) is 10.9. The summed E-state index contributed by atoms with van der Waals surface area (Å²) in [6.07, 6.45) is 10.2. The van der Waals surface area contributed by atoms with Crippen LogP contribution in [0.4, 0.5) is 21.7 Å². The number of pyridine rings is 2. The molecule has 0 aliphatic carbocycles. The standard InChI is InChI=1S/C31H30FN9O3/c1-38(2)9-3-4-28(42)41-13-12-40-17-21(41)18-43-26-16-24-29(37-31(26)40)30(35-19-34-24)36-20-5-6-25(23(32)14-20)44-22-7-10-39-11-8-33-27(39)15-22/h3-8,10-11,14-16,19,21H,9,12-13,17-18H2,1-2H3,(H,34,35,36)/b4-3+. The van der Waals surface area contributed by atoms with Crippen LogP contribution in [0, 0.1) is 5.82 Å². The first-order valence-electron chi connectivity index (χ1n) is 14.2. The van der Waals surface area contributed by atoms with Crippen molar-refractivity contribution in [2.45, 2.75) is 6.04 Å². The van der Waals surface area contributed by atoms with E-state index in [1.165, 1.54) is 12.4 Å². The first-order chi connectivity index (χ1) is 21.4. The number of hydrogen-bond donors (Lipinski definition) is 1. The fraction of sp³-hybridized carbons (Fsp3) is 0.258. The summed E-state index contributed by atoms with van der Waals surface area (Å²) >= 11 is 0. The van der Waals surface area contributed by atoms with Crippen LogP contribution in [-0.4, -0.2) is 93.0 Å². The molecule has 2 aliphatic heterocycles. The van der Waals surface area contributed by atoms with E-state index in [-0.39, 0.29) is 17.7 Å². The number of halogens is 1. The van der Waals surface area contributed by atoms with Gasteiger partial charge in [0.2, 0.25) is 5.91 Å². The van der Waals surface area contributed by atoms with E-state index in [2.05, 4.69) is 25.2 Å². The molecule has 1 atom stereocenters. The van der Waals surface area contributed by atoms with E-state index in [1.54, 1.807) is 42.7 Å². The zero-order chi connectivity index (χ0) is 30.2. The summed E-state index contributed by atoms with van der Waals surface area (Å²) in [6, 6.07) is 9.81. The van der Waals surface area contributed by atoms with Crippen LogP contribution in [-0.2, 0) is 4.79 Å². The maximum absolute atomic E-state index is 15.1. The third kappa shape index (κ3) is 5.44. The van der Waals surface area contributed by atoms with Crippen molar-refractivity contribution >= 4 is 39.9 Å². The highest BCUT2D eigenvalue weighted by Gasteiger charge is 2.35. The Bertz CT molecular complexity index is 1890. The molecule has 1 aromatic carbocycles. The summed E-state index contributed by atoms with van der Waals surface area (Å²) < 4.78 is 28.9. The molecule has 0 saturated carbocycles. The predicted octanol–water partition coefficient (Wildman–Crippen LogP) is 3.87. The maximum Gasteiger partial charge on any atom is 0.246 e. The van der Waals surface area contributed by atoms with Gasteiger partial charge in [-0.1, -0.05) is 6.08 Å². The monoisotopic (exact) mass is 595 g/mol. The molecule has 2 bridgehead atoms. The molecule has 13 heteroatoms. The normalized spacial score (nSPS) is 16.3. The quantitative estimate of drug-likeness (QED) is 0.278. The number of nitrogens with one attached hydrogen (secondary N) is 1. The number of amides is 1. The highest BCUT2D eigenvalue weighted by Crippen LogP contribution is 2.36. The highest BCUT2D eigenvalue weighted by atomic mass is 19.1. The fourth-order valence-corrected chi connectivity index (χ4v) is 5.39. The number of piperazine rings is 1. The number of carbonyl (C=O) groups excluding carboxylic acids is 1. The van der Waals surface area contributed by atoms with Crippen molar-refractivity contribution in [1.29, 1.82) is 0 Å². The number of imidazole rings is 1. The van der Waals surface area contributed by atoms with Crippen molar-refractivity contribution in [1.82, 2.24) is 34.1 Å². The van der Waals surface area contributed by atoms with Gasteiger partial charge < -0.3 is 33.9 Å². The van der Waals surface area contributed by atoms with Crippen molar-refractivity contribution in [3.63, 3.8) is 0 Å². The van der Waals surface area contributed by atoms with E-state index >= 15 is 4.39 Å². The highest BCUT2D eigenvalue weighted by molar-refractivity contribution is 5.90. The number of nitrogens with zero attached hydrogens (tertiary/aromatic N) is 8. The summed E-state index contributed by atoms with van der Waals surface area (Å²) in [7, 11) is 3.92. The van der Waals surface area contributed by atoms with Crippen LogP contribution in [0.15, 0.2) is 73.5 Å². The van der Waals surface area contributed by atoms with Gasteiger partial charge in [-0.05, 0) is 32.3 Å². The van der Waals surface area contributed by atoms with Gasteiger partial charge in [-0.3, -0.25) is 4.79 Å². The number of rotatable bonds is 7. The Morgan fingerprint density at radius 3 is 2.93 bits per heavy atom. The molecule has 2 aliphatic rings. The van der Waals surface area contributed by atoms with Crippen LogP contribution in [0.5, 0.6) is 17.2 Å². The van der Waals surface area contributed by atoms with Crippen LogP contribution < -0.4 is 19.7 Å². The number of benzene rings is 1. The number of ether oxygens (including phenoxy) is 2. The SMILES string of the molecule is CN(C)C/C=C/C(=O)N1CCN2CC1COc1cc3ncnc(Nc4ccc(Oc5ccn6ccnc6c5)c(F)c4)c3nc12. The van der Waals surface area contributed by atoms with E-state index in [0.717, 1.165) is 0 Å². The first kappa shape index (κ1) is 27.5. The number of carbonyl (C=O) groups is 1. The Kier molecular flexibility index (Phi) is 7.14. The minimum Gasteiger partial charge on any atom is -0.487 e. The molecule has 7 rings (SSSR count). The fourth-order valence-electron chi connectivity index (χ4n) is 5.39. The average molecular weight is 596 g/mol. The van der Waals surface area contributed by atoms with E-state index in [1.807, 2.05) is 46.6 Å². The summed E-state index contributed by atoms with van der Waals surface area (Å²) in [6.45, 7) is 2.80. The second-order valence-corrected chi connectivity index (χ2v) is 10.9. The molecule has 6 heterocycles. The lowest BCUT2D eigenvalue weighted by Crippen LogP contribution is -2.56. The van der Waals surface area contributed by atoms with Crippen LogP contribution in [0.2, 0.25) is 0 Å². The minimum absolute atomic E-state index is 0.0238. The lowest BCUT2D eigenvalue weighted by Gasteiger charge is -2.39. The molecule has 5 aromatic rings. The third-order valence-electron chi connectivity index (χ3n) is 7.58. The lowest BCUT2D eigenvalue weighted by atomic mass is 10.1. The molecule has 1 amide bonds. The zero-order valence-electron chi connectivity index (χ0n) is 24.2. The van der Waals surface area contributed by atoms with E-state index < -0.39 is 5.82 Å². The molecule has 44 heavy (non-hydrogen) atoms. The molecular weight excluding hydrogens is 565 g/mol. The van der Waals surface area contributed by atoms with Crippen LogP contribution in [0.25, 0.3) is 16.7 Å². The van der Waals surface area contributed by atoms with Crippen LogP contribution in [0.1, 0.15) is 0 Å². The summed E-state index contributed by atoms with van der Waals surface area (Å²) in [5, 5.41) is 3.18. The molecule has 4 aromatic heterocycles. The largest absolute Gasteiger partial charge is 0.487 e. The van der Waals surface area contributed by atoms with Gasteiger partial charge in [0.1, 0.15) is 29.8 Å². The van der Waals surface area contributed by atoms with Crippen molar-refractivity contribution in [2.24, 2.45) is 0 Å². The summed E-state index contributed by atoms with van der Waals surface area (Å²) in [4.78, 5) is 36.9. The molecule has 224 valence electrons. The van der Waals surface area contributed by atoms with E-state index in [0.29, 0.717) is 78.3 Å². The Morgan fingerprint density at radius 1 is 1.16 bits per heavy atom. The van der Waals surface area contributed by atoms with Gasteiger partial charge in [-0.15, -0.1) is 0 Å². The predicted molar refractivity (Wildman–Crippen MR) is 163 cm³/mol. The van der Waals surface area contributed by atoms with E-state index in [4.69, 9.17) is 14.5 Å². The van der Waals surface area contributed by atoms with Gasteiger partial charge in [-0.2, -0.15) is 0 Å². The summed E-state index contributed by atoms with van der Waals surface area (Å²) in [5.41, 5.74) is 2.27. The van der Waals surface area contributed by atoms with Gasteiger partial charge in [-0.25, -0.2) is 24.3 Å². The third-order valence-corrected chi connectivity index (χ3v) is 7.58. The second kappa shape index (κ2) is 11.4. The molecular formula is C31H30FN9O3. The average Bonchev–Trinajstić information content (AvgIpc) is 3.44. The van der Waals surface area contributed by atoms with E-state index in [9.17, 15) is 4.79 Å². The van der Waals surface area contributed by atoms with Crippen LogP contribution in [0.3, 0.4) is 0 Å². The Labute approximate surface area is 252 Å². The number of anilines is 3.